The molecule has 0 fully saturated rings. The number of hydrogen-bond donors (Lipinski definition) is 0. The van der Waals surface area contributed by atoms with Crippen LogP contribution < -0.4 is 8.92 Å². The van der Waals surface area contributed by atoms with Gasteiger partial charge in [0.25, 0.3) is 0 Å². The molecule has 1 amide bonds. The Kier molecular flexibility index (Phi) is 7.53. The van der Waals surface area contributed by atoms with E-state index in [9.17, 15) is 13.2 Å². The molecule has 164 valence electrons. The van der Waals surface area contributed by atoms with Crippen LogP contribution in [0.3, 0.4) is 0 Å². The quantitative estimate of drug-likeness (QED) is 0.567. The van der Waals surface area contributed by atoms with Crippen LogP contribution in [-0.2, 0) is 21.5 Å². The van der Waals surface area contributed by atoms with Crippen molar-refractivity contribution < 1.29 is 22.1 Å². The predicted molar refractivity (Wildman–Crippen MR) is 117 cm³/mol. The van der Waals surface area contributed by atoms with E-state index in [4.69, 9.17) is 8.92 Å². The summed E-state index contributed by atoms with van der Waals surface area (Å²) in [5, 5.41) is 0. The molecule has 0 heterocycles. The van der Waals surface area contributed by atoms with Gasteiger partial charge >= 0.3 is 10.1 Å². The van der Waals surface area contributed by atoms with Gasteiger partial charge in [0, 0.05) is 19.0 Å². The lowest BCUT2D eigenvalue weighted by Gasteiger charge is -2.30. The Morgan fingerprint density at radius 1 is 1.03 bits per heavy atom. The Labute approximate surface area is 179 Å². The largest absolute Gasteiger partial charge is 0.497 e. The highest BCUT2D eigenvalue weighted by atomic mass is 32.2. The molecule has 2 aromatic carbocycles. The molecule has 0 aliphatic carbocycles. The Bertz CT molecular complexity index is 960. The van der Waals surface area contributed by atoms with E-state index in [0.717, 1.165) is 5.56 Å². The summed E-state index contributed by atoms with van der Waals surface area (Å²) in [5.41, 5.74) is 0.690. The van der Waals surface area contributed by atoms with E-state index in [1.807, 2.05) is 40.7 Å². The van der Waals surface area contributed by atoms with Crippen LogP contribution >= 0.6 is 0 Å². The molecule has 0 aliphatic heterocycles. The first-order valence-electron chi connectivity index (χ1n) is 9.88. The molecule has 0 unspecified atom stereocenters. The van der Waals surface area contributed by atoms with Gasteiger partial charge in [0.15, 0.2) is 0 Å². The third-order valence-corrected chi connectivity index (χ3v) is 5.69. The van der Waals surface area contributed by atoms with Gasteiger partial charge in [-0.15, -0.1) is 0 Å². The van der Waals surface area contributed by atoms with Gasteiger partial charge in [-0.1, -0.05) is 32.9 Å². The van der Waals surface area contributed by atoms with Crippen LogP contribution in [0.5, 0.6) is 11.5 Å². The second-order valence-corrected chi connectivity index (χ2v) is 10.3. The maximum absolute atomic E-state index is 12.7. The minimum absolute atomic E-state index is 0.0208. The van der Waals surface area contributed by atoms with Gasteiger partial charge in [-0.3, -0.25) is 4.79 Å². The summed E-state index contributed by atoms with van der Waals surface area (Å²) in [6.45, 7) is 10.4. The smallest absolute Gasteiger partial charge is 0.339 e. The fourth-order valence-electron chi connectivity index (χ4n) is 2.92. The molecular weight excluding hydrogens is 402 g/mol. The average molecular weight is 434 g/mol. The molecule has 0 atom stereocenters. The Morgan fingerprint density at radius 3 is 2.20 bits per heavy atom. The summed E-state index contributed by atoms with van der Waals surface area (Å²) in [4.78, 5) is 14.6. The number of ether oxygens (including phenoxy) is 1. The van der Waals surface area contributed by atoms with Crippen molar-refractivity contribution in [3.63, 3.8) is 0 Å². The van der Waals surface area contributed by atoms with Crippen molar-refractivity contribution in [2.24, 2.45) is 5.41 Å². The molecule has 0 saturated heterocycles. The van der Waals surface area contributed by atoms with E-state index in [-0.39, 0.29) is 28.0 Å². The summed E-state index contributed by atoms with van der Waals surface area (Å²) < 4.78 is 35.5. The molecule has 0 N–H and O–H groups in total. The molecule has 0 radical (unpaired) electrons. The second-order valence-electron chi connectivity index (χ2n) is 8.71. The third-order valence-electron chi connectivity index (χ3n) is 4.43. The van der Waals surface area contributed by atoms with Crippen LogP contribution in [0.1, 0.15) is 46.6 Å². The van der Waals surface area contributed by atoms with Gasteiger partial charge in [-0.05, 0) is 61.2 Å². The number of carbonyl (C=O) groups is 1. The summed E-state index contributed by atoms with van der Waals surface area (Å²) in [6, 6.07) is 12.8. The molecule has 2 aromatic rings. The van der Waals surface area contributed by atoms with Gasteiger partial charge in [0.2, 0.25) is 5.91 Å². The van der Waals surface area contributed by atoms with Gasteiger partial charge in [-0.2, -0.15) is 8.42 Å². The van der Waals surface area contributed by atoms with Crippen molar-refractivity contribution in [3.8, 4) is 11.5 Å². The van der Waals surface area contributed by atoms with E-state index in [2.05, 4.69) is 0 Å². The molecule has 0 aliphatic rings. The van der Waals surface area contributed by atoms with Crippen molar-refractivity contribution in [2.75, 3.05) is 7.11 Å². The van der Waals surface area contributed by atoms with E-state index in [1.165, 1.54) is 19.2 Å². The van der Waals surface area contributed by atoms with Crippen LogP contribution in [0.4, 0.5) is 0 Å². The SMILES string of the molecule is COc1ccc(S(=O)(=O)Oc2cccc(CN(C(=O)CC(C)(C)C)C(C)C)c2)cc1. The highest BCUT2D eigenvalue weighted by Gasteiger charge is 2.23. The zero-order chi connectivity index (χ0) is 22.5. The van der Waals surface area contributed by atoms with Crippen molar-refractivity contribution >= 4 is 16.0 Å². The molecule has 0 saturated carbocycles. The van der Waals surface area contributed by atoms with Crippen LogP contribution in [-0.4, -0.2) is 32.4 Å². The van der Waals surface area contributed by atoms with E-state index in [0.29, 0.717) is 18.7 Å². The maximum atomic E-state index is 12.7. The fraction of sp³-hybridized carbons (Fsp3) is 0.435. The van der Waals surface area contributed by atoms with Gasteiger partial charge in [-0.25, -0.2) is 0 Å². The number of methoxy groups -OCH3 is 1. The highest BCUT2D eigenvalue weighted by molar-refractivity contribution is 7.87. The monoisotopic (exact) mass is 433 g/mol. The summed E-state index contributed by atoms with van der Waals surface area (Å²) in [7, 11) is -2.46. The minimum atomic E-state index is -3.98. The van der Waals surface area contributed by atoms with E-state index < -0.39 is 10.1 Å². The first kappa shape index (κ1) is 23.7. The molecule has 0 spiro atoms. The van der Waals surface area contributed by atoms with E-state index >= 15 is 0 Å². The molecule has 0 aromatic heterocycles. The highest BCUT2D eigenvalue weighted by Crippen LogP contribution is 2.24. The number of rotatable bonds is 8. The third kappa shape index (κ3) is 6.76. The van der Waals surface area contributed by atoms with Gasteiger partial charge in [0.05, 0.1) is 7.11 Å². The first-order valence-corrected chi connectivity index (χ1v) is 11.3. The molecule has 6 nitrogen and oxygen atoms in total. The number of benzene rings is 2. The number of carbonyl (C=O) groups excluding carboxylic acids is 1. The number of amides is 1. The fourth-order valence-corrected chi connectivity index (χ4v) is 3.85. The Hall–Kier alpha value is -2.54. The average Bonchev–Trinajstić information content (AvgIpc) is 2.64. The molecule has 7 heteroatoms. The maximum Gasteiger partial charge on any atom is 0.339 e. The van der Waals surface area contributed by atoms with Crippen LogP contribution in [0.25, 0.3) is 0 Å². The minimum Gasteiger partial charge on any atom is -0.497 e. The van der Waals surface area contributed by atoms with Crippen molar-refractivity contribution in [1.82, 2.24) is 4.90 Å². The van der Waals surface area contributed by atoms with Crippen molar-refractivity contribution in [1.29, 1.82) is 0 Å². The first-order chi connectivity index (χ1) is 13.9. The zero-order valence-electron chi connectivity index (χ0n) is 18.5. The van der Waals surface area contributed by atoms with Crippen LogP contribution in [0.15, 0.2) is 53.4 Å². The van der Waals surface area contributed by atoms with Crippen LogP contribution in [0, 0.1) is 5.41 Å². The Morgan fingerprint density at radius 2 is 1.67 bits per heavy atom. The van der Waals surface area contributed by atoms with Crippen molar-refractivity contribution in [3.05, 3.63) is 54.1 Å². The lowest BCUT2D eigenvalue weighted by atomic mass is 9.91. The van der Waals surface area contributed by atoms with Crippen molar-refractivity contribution in [2.45, 2.75) is 58.5 Å². The summed E-state index contributed by atoms with van der Waals surface area (Å²) >= 11 is 0. The molecule has 0 bridgehead atoms. The predicted octanol–water partition coefficient (Wildman–Crippen LogP) is 4.64. The standard InChI is InChI=1S/C23H31NO5S/c1-17(2)24(22(25)15-23(3,4)5)16-18-8-7-9-20(14-18)29-30(26,27)21-12-10-19(28-6)11-13-21/h7-14,17H,15-16H2,1-6H3. The number of hydrogen-bond acceptors (Lipinski definition) is 5. The second kappa shape index (κ2) is 9.51. The zero-order valence-corrected chi connectivity index (χ0v) is 19.3. The van der Waals surface area contributed by atoms with Gasteiger partial charge in [0.1, 0.15) is 16.4 Å². The summed E-state index contributed by atoms with van der Waals surface area (Å²) in [6.07, 6.45) is 0.438. The molecule has 2 rings (SSSR count). The topological polar surface area (TPSA) is 72.9 Å². The van der Waals surface area contributed by atoms with Gasteiger partial charge < -0.3 is 13.8 Å². The lowest BCUT2D eigenvalue weighted by Crippen LogP contribution is -2.38. The normalized spacial score (nSPS) is 12.0. The lowest BCUT2D eigenvalue weighted by molar-refractivity contribution is -0.135. The summed E-state index contributed by atoms with van der Waals surface area (Å²) in [5.74, 6) is 0.828. The number of nitrogens with zero attached hydrogens (tertiary/aromatic N) is 1. The van der Waals surface area contributed by atoms with Crippen LogP contribution in [0.2, 0.25) is 0 Å². The molecular formula is C23H31NO5S. The Balaban J connectivity index is 2.19. The van der Waals surface area contributed by atoms with E-state index in [1.54, 1.807) is 35.2 Å². The molecule has 30 heavy (non-hydrogen) atoms.